The number of nitrogen functional groups attached to an aromatic ring is 1. The third-order valence-electron chi connectivity index (χ3n) is 2.46. The van der Waals surface area contributed by atoms with Crippen molar-refractivity contribution in [3.8, 4) is 0 Å². The van der Waals surface area contributed by atoms with Gasteiger partial charge in [0.05, 0.1) is 0 Å². The van der Waals surface area contributed by atoms with Crippen molar-refractivity contribution >= 4 is 28.6 Å². The van der Waals surface area contributed by atoms with Gasteiger partial charge in [-0.1, -0.05) is 11.6 Å². The van der Waals surface area contributed by atoms with Gasteiger partial charge in [0, 0.05) is 23.8 Å². The van der Waals surface area contributed by atoms with Crippen molar-refractivity contribution in [2.24, 2.45) is 0 Å². The highest BCUT2D eigenvalue weighted by molar-refractivity contribution is 7.07. The SMILES string of the molecule is CN(Cc1ccsc1)Cc1cc(N)cc(Cl)c1. The van der Waals surface area contributed by atoms with Crippen molar-refractivity contribution in [1.29, 1.82) is 0 Å². The molecule has 2 nitrogen and oxygen atoms in total. The van der Waals surface area contributed by atoms with Crippen LogP contribution in [0.25, 0.3) is 0 Å². The number of benzene rings is 1. The second-order valence-electron chi connectivity index (χ2n) is 4.20. The summed E-state index contributed by atoms with van der Waals surface area (Å²) in [6, 6.07) is 7.84. The van der Waals surface area contributed by atoms with E-state index in [9.17, 15) is 0 Å². The van der Waals surface area contributed by atoms with Crippen LogP contribution in [0.1, 0.15) is 11.1 Å². The van der Waals surface area contributed by atoms with Gasteiger partial charge in [0.25, 0.3) is 0 Å². The molecule has 0 amide bonds. The Labute approximate surface area is 111 Å². The summed E-state index contributed by atoms with van der Waals surface area (Å²) in [7, 11) is 2.09. The summed E-state index contributed by atoms with van der Waals surface area (Å²) in [5, 5.41) is 4.97. The minimum absolute atomic E-state index is 0.698. The van der Waals surface area contributed by atoms with Crippen molar-refractivity contribution < 1.29 is 0 Å². The number of nitrogens with zero attached hydrogens (tertiary/aromatic N) is 1. The lowest BCUT2D eigenvalue weighted by Crippen LogP contribution is -2.16. The molecule has 2 rings (SSSR count). The summed E-state index contributed by atoms with van der Waals surface area (Å²) in [5.41, 5.74) is 8.98. The molecular formula is C13H15ClN2S. The third-order valence-corrected chi connectivity index (χ3v) is 3.42. The zero-order valence-corrected chi connectivity index (χ0v) is 11.3. The molecule has 2 N–H and O–H groups in total. The normalized spacial score (nSPS) is 11.0. The van der Waals surface area contributed by atoms with Crippen molar-refractivity contribution in [3.63, 3.8) is 0 Å². The minimum atomic E-state index is 0.698. The first-order valence-electron chi connectivity index (χ1n) is 5.38. The minimum Gasteiger partial charge on any atom is -0.399 e. The van der Waals surface area contributed by atoms with Crippen LogP contribution in [-0.4, -0.2) is 11.9 Å². The molecule has 0 aliphatic rings. The predicted octanol–water partition coefficient (Wildman–Crippen LogP) is 3.62. The maximum absolute atomic E-state index is 5.98. The molecule has 0 bridgehead atoms. The number of nitrogens with two attached hydrogens (primary N) is 1. The molecule has 0 saturated carbocycles. The second kappa shape index (κ2) is 5.54. The third kappa shape index (κ3) is 3.73. The van der Waals surface area contributed by atoms with Gasteiger partial charge in [-0.25, -0.2) is 0 Å². The average Bonchev–Trinajstić information content (AvgIpc) is 2.67. The summed E-state index contributed by atoms with van der Waals surface area (Å²) in [6.45, 7) is 1.79. The van der Waals surface area contributed by atoms with Gasteiger partial charge < -0.3 is 5.73 Å². The van der Waals surface area contributed by atoms with Gasteiger partial charge in [-0.2, -0.15) is 11.3 Å². The van der Waals surface area contributed by atoms with E-state index in [4.69, 9.17) is 17.3 Å². The van der Waals surface area contributed by atoms with Crippen LogP contribution in [0.5, 0.6) is 0 Å². The molecule has 0 unspecified atom stereocenters. The molecule has 0 radical (unpaired) electrons. The van der Waals surface area contributed by atoms with E-state index >= 15 is 0 Å². The number of hydrogen-bond acceptors (Lipinski definition) is 3. The Morgan fingerprint density at radius 1 is 1.24 bits per heavy atom. The van der Waals surface area contributed by atoms with Crippen molar-refractivity contribution in [3.05, 3.63) is 51.2 Å². The van der Waals surface area contributed by atoms with Gasteiger partial charge in [-0.3, -0.25) is 4.90 Å². The van der Waals surface area contributed by atoms with E-state index in [-0.39, 0.29) is 0 Å². The topological polar surface area (TPSA) is 29.3 Å². The maximum atomic E-state index is 5.98. The lowest BCUT2D eigenvalue weighted by molar-refractivity contribution is 0.319. The largest absolute Gasteiger partial charge is 0.399 e. The quantitative estimate of drug-likeness (QED) is 0.857. The molecule has 0 saturated heterocycles. The molecular weight excluding hydrogens is 252 g/mol. The summed E-state index contributed by atoms with van der Waals surface area (Å²) < 4.78 is 0. The number of thiophene rings is 1. The van der Waals surface area contributed by atoms with E-state index in [2.05, 4.69) is 28.8 Å². The highest BCUT2D eigenvalue weighted by Crippen LogP contribution is 2.18. The van der Waals surface area contributed by atoms with E-state index < -0.39 is 0 Å². The number of rotatable bonds is 4. The number of halogens is 1. The predicted molar refractivity (Wildman–Crippen MR) is 75.4 cm³/mol. The molecule has 0 aliphatic carbocycles. The molecule has 1 heterocycles. The van der Waals surface area contributed by atoms with Gasteiger partial charge in [-0.05, 0) is 53.2 Å². The van der Waals surface area contributed by atoms with Crippen LogP contribution in [0.4, 0.5) is 5.69 Å². The molecule has 0 aliphatic heterocycles. The Bertz CT molecular complexity index is 462. The van der Waals surface area contributed by atoms with Gasteiger partial charge in [0.1, 0.15) is 0 Å². The Kier molecular flexibility index (Phi) is 4.05. The van der Waals surface area contributed by atoms with Gasteiger partial charge in [-0.15, -0.1) is 0 Å². The van der Waals surface area contributed by atoms with Crippen LogP contribution < -0.4 is 5.73 Å². The lowest BCUT2D eigenvalue weighted by Gasteiger charge is -2.16. The monoisotopic (exact) mass is 266 g/mol. The number of hydrogen-bond donors (Lipinski definition) is 1. The van der Waals surface area contributed by atoms with Crippen molar-refractivity contribution in [1.82, 2.24) is 4.90 Å². The standard InChI is InChI=1S/C13H15ClN2S/c1-16(7-10-2-3-17-9-10)8-11-4-12(14)6-13(15)5-11/h2-6,9H,7-8,15H2,1H3. The van der Waals surface area contributed by atoms with E-state index in [1.54, 1.807) is 17.4 Å². The molecule has 1 aromatic carbocycles. The summed E-state index contributed by atoms with van der Waals surface area (Å²) in [6.07, 6.45) is 0. The van der Waals surface area contributed by atoms with E-state index in [0.29, 0.717) is 5.02 Å². The van der Waals surface area contributed by atoms with Crippen LogP contribution in [0, 0.1) is 0 Å². The van der Waals surface area contributed by atoms with Crippen molar-refractivity contribution in [2.45, 2.75) is 13.1 Å². The van der Waals surface area contributed by atoms with Gasteiger partial charge in [0.15, 0.2) is 0 Å². The van der Waals surface area contributed by atoms with Gasteiger partial charge in [0.2, 0.25) is 0 Å². The maximum Gasteiger partial charge on any atom is 0.0429 e. The van der Waals surface area contributed by atoms with Crippen LogP contribution in [0.15, 0.2) is 35.0 Å². The average molecular weight is 267 g/mol. The highest BCUT2D eigenvalue weighted by Gasteiger charge is 2.04. The molecule has 17 heavy (non-hydrogen) atoms. The fourth-order valence-corrected chi connectivity index (χ4v) is 2.75. The van der Waals surface area contributed by atoms with Crippen LogP contribution in [0.2, 0.25) is 5.02 Å². The first kappa shape index (κ1) is 12.4. The molecule has 4 heteroatoms. The summed E-state index contributed by atoms with van der Waals surface area (Å²) >= 11 is 7.70. The Hall–Kier alpha value is -1.03. The Morgan fingerprint density at radius 2 is 2.00 bits per heavy atom. The zero-order chi connectivity index (χ0) is 12.3. The summed E-state index contributed by atoms with van der Waals surface area (Å²) in [4.78, 5) is 2.24. The fourth-order valence-electron chi connectivity index (χ4n) is 1.83. The van der Waals surface area contributed by atoms with Crippen LogP contribution in [0.3, 0.4) is 0 Å². The van der Waals surface area contributed by atoms with Crippen molar-refractivity contribution in [2.75, 3.05) is 12.8 Å². The molecule has 90 valence electrons. The van der Waals surface area contributed by atoms with Crippen LogP contribution >= 0.6 is 22.9 Å². The highest BCUT2D eigenvalue weighted by atomic mass is 35.5. The smallest absolute Gasteiger partial charge is 0.0429 e. The van der Waals surface area contributed by atoms with Gasteiger partial charge >= 0.3 is 0 Å². The van der Waals surface area contributed by atoms with E-state index in [1.165, 1.54) is 5.56 Å². The number of anilines is 1. The Morgan fingerprint density at radius 3 is 2.65 bits per heavy atom. The molecule has 0 atom stereocenters. The zero-order valence-electron chi connectivity index (χ0n) is 9.69. The fraction of sp³-hybridized carbons (Fsp3) is 0.231. The first-order valence-corrected chi connectivity index (χ1v) is 6.70. The molecule has 0 spiro atoms. The molecule has 1 aromatic heterocycles. The first-order chi connectivity index (χ1) is 8.13. The second-order valence-corrected chi connectivity index (χ2v) is 5.41. The van der Waals surface area contributed by atoms with Crippen LogP contribution in [-0.2, 0) is 13.1 Å². The lowest BCUT2D eigenvalue weighted by atomic mass is 10.2. The Balaban J connectivity index is 2.00. The van der Waals surface area contributed by atoms with E-state index in [0.717, 1.165) is 24.3 Å². The van der Waals surface area contributed by atoms with E-state index in [1.807, 2.05) is 12.1 Å². The summed E-state index contributed by atoms with van der Waals surface area (Å²) in [5.74, 6) is 0. The molecule has 2 aromatic rings. The molecule has 0 fully saturated rings.